The third-order valence-corrected chi connectivity index (χ3v) is 7.27. The zero-order valence-electron chi connectivity index (χ0n) is 19.0. The molecule has 9 heteroatoms. The molecule has 1 aliphatic carbocycles. The molecule has 2 saturated heterocycles. The molecule has 0 bridgehead atoms. The predicted molar refractivity (Wildman–Crippen MR) is 123 cm³/mol. The van der Waals surface area contributed by atoms with Crippen LogP contribution in [0.1, 0.15) is 37.5 Å². The highest BCUT2D eigenvalue weighted by molar-refractivity contribution is 6.30. The number of hydrogen-bond acceptors (Lipinski definition) is 5. The summed E-state index contributed by atoms with van der Waals surface area (Å²) in [5.74, 6) is -0.915. The molecule has 3 aliphatic rings. The van der Waals surface area contributed by atoms with Crippen LogP contribution in [0.3, 0.4) is 0 Å². The number of likely N-dealkylation sites (tertiary alicyclic amines) is 1. The largest absolute Gasteiger partial charge is 0.481 e. The molecule has 6 nitrogen and oxygen atoms in total. The molecular weight excluding hydrogens is 466 g/mol. The number of carbonyl (C=O) groups excluding carboxylic acids is 1. The van der Waals surface area contributed by atoms with Crippen molar-refractivity contribution in [1.82, 2.24) is 4.90 Å². The van der Waals surface area contributed by atoms with Crippen LogP contribution in [0.5, 0.6) is 5.75 Å². The Morgan fingerprint density at radius 3 is 2.71 bits per heavy atom. The average molecular weight is 493 g/mol. The van der Waals surface area contributed by atoms with Crippen LogP contribution in [0.2, 0.25) is 5.02 Å². The summed E-state index contributed by atoms with van der Waals surface area (Å²) in [7, 11) is 0. The predicted octanol–water partition coefficient (Wildman–Crippen LogP) is 4.71. The maximum absolute atomic E-state index is 15.0. The number of halogens is 3. The monoisotopic (exact) mass is 492 g/mol. The maximum atomic E-state index is 15.0. The van der Waals surface area contributed by atoms with E-state index in [0.29, 0.717) is 42.7 Å². The van der Waals surface area contributed by atoms with Gasteiger partial charge in [-0.2, -0.15) is 0 Å². The first-order valence-electron chi connectivity index (χ1n) is 11.5. The van der Waals surface area contributed by atoms with E-state index in [0.717, 1.165) is 0 Å². The lowest BCUT2D eigenvalue weighted by molar-refractivity contribution is 0.0790. The smallest absolute Gasteiger partial charge is 0.414 e. The van der Waals surface area contributed by atoms with Gasteiger partial charge in [-0.15, -0.1) is 0 Å². The fourth-order valence-corrected chi connectivity index (χ4v) is 5.45. The van der Waals surface area contributed by atoms with E-state index >= 15 is 0 Å². The van der Waals surface area contributed by atoms with E-state index < -0.39 is 29.9 Å². The minimum Gasteiger partial charge on any atom is -0.481 e. The number of β-amino-alcohol motifs (C(OH)–C–C–N with tert-alkyl or cyclic N) is 1. The van der Waals surface area contributed by atoms with Crippen LogP contribution in [0.15, 0.2) is 30.3 Å². The molecule has 2 aromatic carbocycles. The number of amides is 1. The Balaban J connectivity index is 1.51. The van der Waals surface area contributed by atoms with E-state index in [4.69, 9.17) is 21.1 Å². The first kappa shape index (κ1) is 23.3. The number of cyclic esters (lactones) is 1. The van der Waals surface area contributed by atoms with Gasteiger partial charge < -0.3 is 14.6 Å². The number of fused-ring (bicyclic) bond motifs is 1. The minimum absolute atomic E-state index is 0.0392. The van der Waals surface area contributed by atoms with Crippen LogP contribution in [-0.4, -0.2) is 54.0 Å². The molecule has 0 radical (unpaired) electrons. The molecular formula is C25H27ClF2N2O4. The van der Waals surface area contributed by atoms with Crippen molar-refractivity contribution in [3.05, 3.63) is 58.1 Å². The number of ether oxygens (including phenoxy) is 2. The molecule has 4 atom stereocenters. The van der Waals surface area contributed by atoms with Gasteiger partial charge in [0.15, 0.2) is 11.6 Å². The normalized spacial score (nSPS) is 26.9. The van der Waals surface area contributed by atoms with Gasteiger partial charge in [0, 0.05) is 29.7 Å². The van der Waals surface area contributed by atoms with Gasteiger partial charge in [0.2, 0.25) is 0 Å². The van der Waals surface area contributed by atoms with Crippen LogP contribution in [-0.2, 0) is 11.2 Å². The highest BCUT2D eigenvalue weighted by atomic mass is 35.5. The van der Waals surface area contributed by atoms with Crippen molar-refractivity contribution >= 4 is 23.4 Å². The lowest BCUT2D eigenvalue weighted by Gasteiger charge is -2.30. The quantitative estimate of drug-likeness (QED) is 0.655. The van der Waals surface area contributed by atoms with Gasteiger partial charge in [0.1, 0.15) is 18.5 Å². The number of aliphatic hydroxyl groups excluding tert-OH is 1. The number of hydrogen-bond donors (Lipinski definition) is 1. The summed E-state index contributed by atoms with van der Waals surface area (Å²) in [5.41, 5.74) is 1.53. The van der Waals surface area contributed by atoms with Gasteiger partial charge in [-0.25, -0.2) is 13.6 Å². The molecule has 34 heavy (non-hydrogen) atoms. The standard InChI is InChI=1S/C25H27ClF2N2O4/c1-13(2)22-12-33-25(32)30(22)15-3-4-19(27)23(9-15)34-24-18-7-14(26)8-20(28)17(18)10-21(24)29-6-5-16(31)11-29/h3-4,7-9,13,16,21-22,24,31H,5-6,10-12H2,1-2H3/t16-,21+,22?,24+/m1/s1. The lowest BCUT2D eigenvalue weighted by atomic mass is 10.0. The molecule has 2 aromatic rings. The average Bonchev–Trinajstić information content (AvgIpc) is 3.47. The number of nitrogens with zero attached hydrogens (tertiary/aromatic N) is 2. The van der Waals surface area contributed by atoms with Crippen molar-refractivity contribution in [1.29, 1.82) is 0 Å². The molecule has 2 heterocycles. The third-order valence-electron chi connectivity index (χ3n) is 7.05. The van der Waals surface area contributed by atoms with Crippen molar-refractivity contribution < 1.29 is 28.2 Å². The first-order chi connectivity index (χ1) is 16.2. The SMILES string of the molecule is CC(C)C1COC(=O)N1c1ccc(F)c(O[C@H]2c3cc(Cl)cc(F)c3C[C@@H]2N2CC[C@@H](O)C2)c1. The van der Waals surface area contributed by atoms with Crippen molar-refractivity contribution in [3.8, 4) is 5.75 Å². The van der Waals surface area contributed by atoms with Crippen LogP contribution in [0.25, 0.3) is 0 Å². The second kappa shape index (κ2) is 8.98. The van der Waals surface area contributed by atoms with Gasteiger partial charge in [-0.05, 0) is 48.6 Å². The van der Waals surface area contributed by atoms with E-state index in [9.17, 15) is 18.7 Å². The number of anilines is 1. The summed E-state index contributed by atoms with van der Waals surface area (Å²) in [6, 6.07) is 6.74. The molecule has 1 amide bonds. The van der Waals surface area contributed by atoms with Crippen molar-refractivity contribution in [3.63, 3.8) is 0 Å². The Morgan fingerprint density at radius 1 is 1.21 bits per heavy atom. The molecule has 1 unspecified atom stereocenters. The molecule has 2 aliphatic heterocycles. The summed E-state index contributed by atoms with van der Waals surface area (Å²) in [4.78, 5) is 16.0. The van der Waals surface area contributed by atoms with Gasteiger partial charge in [-0.3, -0.25) is 9.80 Å². The van der Waals surface area contributed by atoms with E-state index in [2.05, 4.69) is 4.90 Å². The van der Waals surface area contributed by atoms with Crippen LogP contribution < -0.4 is 9.64 Å². The summed E-state index contributed by atoms with van der Waals surface area (Å²) >= 11 is 6.15. The fourth-order valence-electron chi connectivity index (χ4n) is 5.24. The third kappa shape index (κ3) is 4.12. The molecule has 0 saturated carbocycles. The molecule has 5 rings (SSSR count). The Bertz CT molecular complexity index is 1110. The second-order valence-electron chi connectivity index (χ2n) is 9.58. The van der Waals surface area contributed by atoms with Gasteiger partial charge in [0.05, 0.1) is 23.9 Å². The van der Waals surface area contributed by atoms with Crippen LogP contribution in [0, 0.1) is 17.6 Å². The fraction of sp³-hybridized carbons (Fsp3) is 0.480. The van der Waals surface area contributed by atoms with Crippen molar-refractivity contribution in [2.75, 3.05) is 24.6 Å². The highest BCUT2D eigenvalue weighted by Crippen LogP contribution is 2.43. The number of rotatable bonds is 5. The van der Waals surface area contributed by atoms with E-state index in [1.165, 1.54) is 29.2 Å². The summed E-state index contributed by atoms with van der Waals surface area (Å²) < 4.78 is 41.2. The van der Waals surface area contributed by atoms with Crippen molar-refractivity contribution in [2.24, 2.45) is 5.92 Å². The molecule has 0 spiro atoms. The Hall–Kier alpha value is -2.42. The zero-order chi connectivity index (χ0) is 24.1. The minimum atomic E-state index is -0.690. The molecule has 2 fully saturated rings. The summed E-state index contributed by atoms with van der Waals surface area (Å²) in [6.07, 6.45) is -0.664. The number of aliphatic hydroxyl groups is 1. The Labute approximate surface area is 202 Å². The van der Waals surface area contributed by atoms with Gasteiger partial charge >= 0.3 is 6.09 Å². The maximum Gasteiger partial charge on any atom is 0.414 e. The van der Waals surface area contributed by atoms with Gasteiger partial charge in [0.25, 0.3) is 0 Å². The number of carbonyl (C=O) groups is 1. The van der Waals surface area contributed by atoms with Crippen LogP contribution >= 0.6 is 11.6 Å². The second-order valence-corrected chi connectivity index (χ2v) is 10.0. The van der Waals surface area contributed by atoms with E-state index in [1.807, 2.05) is 13.8 Å². The molecule has 1 N–H and O–H groups in total. The molecule has 182 valence electrons. The Morgan fingerprint density at radius 2 is 2.00 bits per heavy atom. The molecule has 0 aromatic heterocycles. The zero-order valence-corrected chi connectivity index (χ0v) is 19.8. The summed E-state index contributed by atoms with van der Waals surface area (Å²) in [6.45, 7) is 5.31. The summed E-state index contributed by atoms with van der Waals surface area (Å²) in [5, 5.41) is 10.3. The van der Waals surface area contributed by atoms with E-state index in [-0.39, 0.29) is 35.4 Å². The highest BCUT2D eigenvalue weighted by Gasteiger charge is 2.43. The number of benzene rings is 2. The van der Waals surface area contributed by atoms with Gasteiger partial charge in [-0.1, -0.05) is 25.4 Å². The Kier molecular flexibility index (Phi) is 6.16. The lowest BCUT2D eigenvalue weighted by Crippen LogP contribution is -2.39. The van der Waals surface area contributed by atoms with E-state index in [1.54, 1.807) is 6.07 Å². The van der Waals surface area contributed by atoms with Crippen molar-refractivity contribution in [2.45, 2.75) is 51.0 Å². The topological polar surface area (TPSA) is 62.2 Å². The first-order valence-corrected chi connectivity index (χ1v) is 11.9. The van der Waals surface area contributed by atoms with Crippen LogP contribution in [0.4, 0.5) is 19.3 Å².